The largest absolute Gasteiger partial charge is 0.364 e. The van der Waals surface area contributed by atoms with E-state index in [9.17, 15) is 13.2 Å². The minimum atomic E-state index is -1.18. The maximum Gasteiger partial charge on any atom is 0.161 e. The quantitative estimate of drug-likeness (QED) is 0.853. The van der Waals surface area contributed by atoms with Crippen LogP contribution in [0.4, 0.5) is 13.2 Å². The number of ether oxygens (including phenoxy) is 1. The summed E-state index contributed by atoms with van der Waals surface area (Å²) >= 11 is 0. The molecule has 0 amide bonds. The van der Waals surface area contributed by atoms with Crippen molar-refractivity contribution in [2.75, 3.05) is 13.1 Å². The first-order valence-electron chi connectivity index (χ1n) is 6.54. The van der Waals surface area contributed by atoms with Gasteiger partial charge in [0.25, 0.3) is 0 Å². The molecular weight excluding hydrogens is 255 g/mol. The summed E-state index contributed by atoms with van der Waals surface area (Å²) in [6.45, 7) is 5.07. The van der Waals surface area contributed by atoms with Gasteiger partial charge in [-0.05, 0) is 18.9 Å². The van der Waals surface area contributed by atoms with Crippen molar-refractivity contribution in [1.29, 1.82) is 0 Å². The summed E-state index contributed by atoms with van der Waals surface area (Å²) in [6, 6.07) is 1.46. The summed E-state index contributed by atoms with van der Waals surface area (Å²) in [5.41, 5.74) is -0.308. The zero-order valence-corrected chi connectivity index (χ0v) is 11.1. The van der Waals surface area contributed by atoms with Crippen LogP contribution in [0.15, 0.2) is 12.1 Å². The molecule has 1 N–H and O–H groups in total. The molecule has 106 valence electrons. The molecule has 2 nitrogen and oxygen atoms in total. The van der Waals surface area contributed by atoms with Crippen LogP contribution in [0.2, 0.25) is 0 Å². The van der Waals surface area contributed by atoms with Gasteiger partial charge in [-0.25, -0.2) is 13.2 Å². The first-order valence-corrected chi connectivity index (χ1v) is 6.54. The highest BCUT2D eigenvalue weighted by molar-refractivity contribution is 5.23. The van der Waals surface area contributed by atoms with Gasteiger partial charge in [0.2, 0.25) is 0 Å². The highest BCUT2D eigenvalue weighted by Crippen LogP contribution is 2.33. The van der Waals surface area contributed by atoms with Crippen LogP contribution in [0, 0.1) is 17.5 Å². The zero-order valence-electron chi connectivity index (χ0n) is 11.1. The number of rotatable bonds is 3. The second kappa shape index (κ2) is 5.51. The molecule has 1 aliphatic rings. The molecule has 0 aromatic heterocycles. The van der Waals surface area contributed by atoms with Gasteiger partial charge >= 0.3 is 0 Å². The maximum atomic E-state index is 13.8. The standard InChI is InChI=1S/C14H18F3NO/c1-3-14(4-2)8-18-7-13(19-14)9-5-11(16)12(17)6-10(9)15/h5-6,13,18H,3-4,7-8H2,1-2H3. The molecule has 0 radical (unpaired) electrons. The Labute approximate surface area is 111 Å². The predicted octanol–water partition coefficient (Wildman–Crippen LogP) is 3.32. The first kappa shape index (κ1) is 14.3. The molecule has 1 fully saturated rings. The molecule has 0 bridgehead atoms. The van der Waals surface area contributed by atoms with Crippen LogP contribution in [0.3, 0.4) is 0 Å². The molecule has 2 rings (SSSR count). The summed E-state index contributed by atoms with van der Waals surface area (Å²) in [5, 5.41) is 3.18. The molecule has 0 saturated carbocycles. The fraction of sp³-hybridized carbons (Fsp3) is 0.571. The van der Waals surface area contributed by atoms with Crippen LogP contribution in [-0.2, 0) is 4.74 Å². The fourth-order valence-corrected chi connectivity index (χ4v) is 2.44. The minimum absolute atomic E-state index is 0.0670. The molecule has 1 aromatic rings. The Bertz CT molecular complexity index is 460. The predicted molar refractivity (Wildman–Crippen MR) is 66.3 cm³/mol. The van der Waals surface area contributed by atoms with E-state index in [2.05, 4.69) is 5.32 Å². The van der Waals surface area contributed by atoms with Crippen LogP contribution in [0.5, 0.6) is 0 Å². The van der Waals surface area contributed by atoms with Gasteiger partial charge in [0.05, 0.1) is 11.7 Å². The van der Waals surface area contributed by atoms with Crippen molar-refractivity contribution in [2.24, 2.45) is 0 Å². The summed E-state index contributed by atoms with van der Waals surface area (Å²) in [4.78, 5) is 0. The number of morpholine rings is 1. The Morgan fingerprint density at radius 3 is 2.42 bits per heavy atom. The van der Waals surface area contributed by atoms with Gasteiger partial charge in [-0.3, -0.25) is 0 Å². The highest BCUT2D eigenvalue weighted by atomic mass is 19.2. The molecule has 1 unspecified atom stereocenters. The Balaban J connectivity index is 2.29. The molecule has 1 aliphatic heterocycles. The van der Waals surface area contributed by atoms with Crippen molar-refractivity contribution in [1.82, 2.24) is 5.32 Å². The van der Waals surface area contributed by atoms with Gasteiger partial charge < -0.3 is 10.1 Å². The van der Waals surface area contributed by atoms with Crippen LogP contribution >= 0.6 is 0 Å². The Kier molecular flexibility index (Phi) is 4.16. The topological polar surface area (TPSA) is 21.3 Å². The third kappa shape index (κ3) is 2.77. The van der Waals surface area contributed by atoms with E-state index in [1.54, 1.807) is 0 Å². The molecule has 0 spiro atoms. The molecule has 1 saturated heterocycles. The lowest BCUT2D eigenvalue weighted by Gasteiger charge is -2.41. The SMILES string of the molecule is CCC1(CC)CNCC(c2cc(F)c(F)cc2F)O1. The first-order chi connectivity index (χ1) is 9.01. The molecule has 1 heterocycles. The van der Waals surface area contributed by atoms with Crippen LogP contribution in [-0.4, -0.2) is 18.7 Å². The summed E-state index contributed by atoms with van der Waals surface area (Å²) < 4.78 is 45.9. The van der Waals surface area contributed by atoms with Crippen molar-refractivity contribution in [3.8, 4) is 0 Å². The molecule has 1 aromatic carbocycles. The second-order valence-corrected chi connectivity index (χ2v) is 4.92. The van der Waals surface area contributed by atoms with Crippen LogP contribution in [0.25, 0.3) is 0 Å². The average molecular weight is 273 g/mol. The van der Waals surface area contributed by atoms with Crippen molar-refractivity contribution < 1.29 is 17.9 Å². The van der Waals surface area contributed by atoms with Gasteiger partial charge in [0, 0.05) is 24.7 Å². The van der Waals surface area contributed by atoms with Crippen molar-refractivity contribution in [2.45, 2.75) is 38.4 Å². The van der Waals surface area contributed by atoms with Crippen molar-refractivity contribution >= 4 is 0 Å². The Morgan fingerprint density at radius 2 is 1.79 bits per heavy atom. The van der Waals surface area contributed by atoms with E-state index in [-0.39, 0.29) is 11.2 Å². The normalized spacial score (nSPS) is 22.5. The highest BCUT2D eigenvalue weighted by Gasteiger charge is 2.36. The molecule has 0 aliphatic carbocycles. The maximum absolute atomic E-state index is 13.8. The number of hydrogen-bond acceptors (Lipinski definition) is 2. The van der Waals surface area contributed by atoms with Gasteiger partial charge in [0.1, 0.15) is 5.82 Å². The molecular formula is C14H18F3NO. The van der Waals surface area contributed by atoms with Crippen LogP contribution < -0.4 is 5.32 Å². The van der Waals surface area contributed by atoms with E-state index in [4.69, 9.17) is 4.74 Å². The van der Waals surface area contributed by atoms with E-state index in [1.807, 2.05) is 13.8 Å². The fourth-order valence-electron chi connectivity index (χ4n) is 2.44. The Morgan fingerprint density at radius 1 is 1.16 bits per heavy atom. The minimum Gasteiger partial charge on any atom is -0.364 e. The van der Waals surface area contributed by atoms with Crippen molar-refractivity contribution in [3.05, 3.63) is 35.1 Å². The number of benzene rings is 1. The van der Waals surface area contributed by atoms with E-state index in [0.717, 1.165) is 18.9 Å². The number of hydrogen-bond donors (Lipinski definition) is 1. The summed E-state index contributed by atoms with van der Waals surface area (Å²) in [5.74, 6) is -3.00. The van der Waals surface area contributed by atoms with Crippen molar-refractivity contribution in [3.63, 3.8) is 0 Å². The number of halogens is 3. The van der Waals surface area contributed by atoms with Gasteiger partial charge in [0.15, 0.2) is 11.6 Å². The monoisotopic (exact) mass is 273 g/mol. The van der Waals surface area contributed by atoms with E-state index >= 15 is 0 Å². The molecule has 5 heteroatoms. The zero-order chi connectivity index (χ0) is 14.0. The average Bonchev–Trinajstić information content (AvgIpc) is 2.43. The van der Waals surface area contributed by atoms with Crippen LogP contribution in [0.1, 0.15) is 38.4 Å². The molecule has 1 atom stereocenters. The van der Waals surface area contributed by atoms with Gasteiger partial charge in [-0.2, -0.15) is 0 Å². The number of nitrogens with one attached hydrogen (secondary N) is 1. The summed E-state index contributed by atoms with van der Waals surface area (Å²) in [7, 11) is 0. The van der Waals surface area contributed by atoms with E-state index in [1.165, 1.54) is 0 Å². The lowest BCUT2D eigenvalue weighted by molar-refractivity contribution is -0.123. The second-order valence-electron chi connectivity index (χ2n) is 4.92. The van der Waals surface area contributed by atoms with E-state index in [0.29, 0.717) is 19.2 Å². The Hall–Kier alpha value is -1.07. The lowest BCUT2D eigenvalue weighted by Crippen LogP contribution is -2.50. The van der Waals surface area contributed by atoms with Gasteiger partial charge in [-0.15, -0.1) is 0 Å². The summed E-state index contributed by atoms with van der Waals surface area (Å²) in [6.07, 6.45) is 0.958. The third-order valence-corrected chi connectivity index (χ3v) is 3.84. The van der Waals surface area contributed by atoms with Gasteiger partial charge in [-0.1, -0.05) is 13.8 Å². The lowest BCUT2D eigenvalue weighted by atomic mass is 9.93. The molecule has 19 heavy (non-hydrogen) atoms. The van der Waals surface area contributed by atoms with E-state index < -0.39 is 23.6 Å². The smallest absolute Gasteiger partial charge is 0.161 e. The third-order valence-electron chi connectivity index (χ3n) is 3.84.